The normalized spacial score (nSPS) is 32.8. The second kappa shape index (κ2) is 15.1. The van der Waals surface area contributed by atoms with Gasteiger partial charge in [-0.3, -0.25) is 14.9 Å². The molecule has 0 spiro atoms. The lowest BCUT2D eigenvalue weighted by molar-refractivity contribution is -0.162. The number of epoxide rings is 1. The van der Waals surface area contributed by atoms with E-state index in [0.717, 1.165) is 11.1 Å². The molecule has 1 aromatic rings. The van der Waals surface area contributed by atoms with Crippen LogP contribution in [0.25, 0.3) is 0 Å². The van der Waals surface area contributed by atoms with Gasteiger partial charge in [-0.1, -0.05) is 49.2 Å². The highest BCUT2D eigenvalue weighted by molar-refractivity contribution is 6.35. The van der Waals surface area contributed by atoms with Gasteiger partial charge in [0.1, 0.15) is 40.7 Å². The third-order valence-corrected chi connectivity index (χ3v) is 10.2. The van der Waals surface area contributed by atoms with Gasteiger partial charge in [0.05, 0.1) is 25.3 Å². The lowest BCUT2D eigenvalue weighted by atomic mass is 9.83. The van der Waals surface area contributed by atoms with Crippen molar-refractivity contribution in [1.29, 1.82) is 0 Å². The topological polar surface area (TPSA) is 156 Å². The fraction of sp³-hybridized carbons (Fsp3) is 0.600. The second-order valence-electron chi connectivity index (χ2n) is 13.3. The highest BCUT2D eigenvalue weighted by Crippen LogP contribution is 2.49. The summed E-state index contributed by atoms with van der Waals surface area (Å²) in [6.07, 6.45) is 1.22. The van der Waals surface area contributed by atoms with E-state index in [1.807, 2.05) is 13.0 Å². The predicted molar refractivity (Wildman–Crippen MR) is 181 cm³/mol. The quantitative estimate of drug-likeness (QED) is 0.329. The Kier molecular flexibility index (Phi) is 11.7. The summed E-state index contributed by atoms with van der Waals surface area (Å²) in [5.41, 5.74) is -0.870. The van der Waals surface area contributed by atoms with Crippen LogP contribution in [-0.4, -0.2) is 104 Å². The Morgan fingerprint density at radius 2 is 1.96 bits per heavy atom. The Bertz CT molecular complexity index is 1520. The molecular weight excluding hydrogens is 658 g/mol. The molecule has 8 unspecified atom stereocenters. The molecule has 2 fully saturated rings. The third kappa shape index (κ3) is 8.06. The van der Waals surface area contributed by atoms with Crippen LogP contribution >= 0.6 is 11.6 Å². The number of aliphatic hydroxyl groups is 1. The minimum atomic E-state index is -1.82. The predicted octanol–water partition coefficient (Wildman–Crippen LogP) is 3.92. The van der Waals surface area contributed by atoms with Crippen LogP contribution < -0.4 is 15.0 Å². The van der Waals surface area contributed by atoms with E-state index in [-0.39, 0.29) is 30.2 Å². The molecule has 270 valence electrons. The van der Waals surface area contributed by atoms with Crippen LogP contribution in [0.15, 0.2) is 35.9 Å². The van der Waals surface area contributed by atoms with Crippen LogP contribution in [0.5, 0.6) is 5.75 Å². The molecule has 3 amide bonds. The molecule has 49 heavy (non-hydrogen) atoms. The molecule has 0 saturated carbocycles. The molecule has 1 aromatic carbocycles. The van der Waals surface area contributed by atoms with Crippen molar-refractivity contribution in [1.82, 2.24) is 10.2 Å². The smallest absolute Gasteiger partial charge is 0.409 e. The number of halogens is 1. The van der Waals surface area contributed by atoms with E-state index in [4.69, 9.17) is 35.3 Å². The summed E-state index contributed by atoms with van der Waals surface area (Å²) < 4.78 is 29.0. The van der Waals surface area contributed by atoms with E-state index in [1.165, 1.54) is 31.1 Å². The molecule has 2 saturated heterocycles. The summed E-state index contributed by atoms with van der Waals surface area (Å²) in [5, 5.41) is 14.4. The number of benzene rings is 1. The molecule has 3 aliphatic rings. The third-order valence-electron chi connectivity index (χ3n) is 9.83. The Labute approximate surface area is 292 Å². The average molecular weight is 706 g/mol. The van der Waals surface area contributed by atoms with Gasteiger partial charge in [-0.2, -0.15) is 0 Å². The first-order valence-corrected chi connectivity index (χ1v) is 16.7. The number of ether oxygens (including phenoxy) is 5. The number of nitrogens with one attached hydrogen (secondary N) is 1. The number of fused-ring (bicyclic) bond motifs is 5. The first-order valence-electron chi connectivity index (χ1n) is 16.3. The highest BCUT2D eigenvalue weighted by Gasteiger charge is 2.64. The van der Waals surface area contributed by atoms with E-state index in [9.17, 15) is 24.3 Å². The number of hydrogen-bond acceptors (Lipinski definition) is 10. The van der Waals surface area contributed by atoms with Gasteiger partial charge < -0.3 is 38.6 Å². The van der Waals surface area contributed by atoms with Gasteiger partial charge in [0.2, 0.25) is 11.8 Å². The van der Waals surface area contributed by atoms with E-state index in [1.54, 1.807) is 59.0 Å². The van der Waals surface area contributed by atoms with Crippen LogP contribution in [0.1, 0.15) is 59.4 Å². The Morgan fingerprint density at radius 3 is 2.59 bits per heavy atom. The first-order chi connectivity index (χ1) is 23.0. The molecule has 0 aliphatic carbocycles. The molecule has 3 aliphatic heterocycles. The van der Waals surface area contributed by atoms with Crippen molar-refractivity contribution in [3.63, 3.8) is 0 Å². The number of allylic oxidation sites excluding steroid dienone is 3. The maximum Gasteiger partial charge on any atom is 0.409 e. The van der Waals surface area contributed by atoms with Crippen molar-refractivity contribution in [3.8, 4) is 5.75 Å². The number of alkyl carbamates (subject to hydrolysis) is 1. The van der Waals surface area contributed by atoms with Crippen LogP contribution in [0, 0.1) is 5.92 Å². The van der Waals surface area contributed by atoms with Crippen molar-refractivity contribution in [2.45, 2.75) is 102 Å². The maximum atomic E-state index is 14.0. The van der Waals surface area contributed by atoms with Crippen LogP contribution in [0.2, 0.25) is 5.02 Å². The average Bonchev–Trinajstić information content (AvgIpc) is 3.76. The molecule has 0 radical (unpaired) electrons. The number of nitrogens with zero attached hydrogens (tertiary/aromatic N) is 2. The summed E-state index contributed by atoms with van der Waals surface area (Å²) in [6.45, 7) is 8.68. The lowest BCUT2D eigenvalue weighted by Gasteiger charge is -2.42. The Hall–Kier alpha value is -3.65. The fourth-order valence-corrected chi connectivity index (χ4v) is 6.78. The largest absolute Gasteiger partial charge is 0.495 e. The summed E-state index contributed by atoms with van der Waals surface area (Å²) in [5.74, 6) is -1.53. The molecule has 4 rings (SSSR count). The number of esters is 1. The minimum absolute atomic E-state index is 0.0431. The van der Waals surface area contributed by atoms with E-state index in [2.05, 4.69) is 5.32 Å². The molecular formula is C35H48ClN3O10. The highest BCUT2D eigenvalue weighted by atomic mass is 35.5. The van der Waals surface area contributed by atoms with Crippen LogP contribution in [0.4, 0.5) is 10.5 Å². The number of carbonyl (C=O) groups excluding carboxylic acids is 4. The van der Waals surface area contributed by atoms with Crippen molar-refractivity contribution in [3.05, 3.63) is 46.5 Å². The summed E-state index contributed by atoms with van der Waals surface area (Å²) in [4.78, 5) is 55.3. The van der Waals surface area contributed by atoms with Crippen molar-refractivity contribution >= 4 is 41.2 Å². The molecule has 13 nitrogen and oxygen atoms in total. The molecule has 14 heteroatoms. The first kappa shape index (κ1) is 38.2. The lowest BCUT2D eigenvalue weighted by Crippen LogP contribution is -2.63. The van der Waals surface area contributed by atoms with E-state index < -0.39 is 65.7 Å². The number of carbonyl (C=O) groups is 4. The number of likely N-dealkylation sites (N-methyl/N-ethyl adjacent to an activating group) is 1. The van der Waals surface area contributed by atoms with Gasteiger partial charge in [0.25, 0.3) is 0 Å². The van der Waals surface area contributed by atoms with Crippen LogP contribution in [-0.2, 0) is 39.8 Å². The van der Waals surface area contributed by atoms with Gasteiger partial charge in [0, 0.05) is 40.0 Å². The van der Waals surface area contributed by atoms with Crippen molar-refractivity contribution in [2.75, 3.05) is 33.2 Å². The van der Waals surface area contributed by atoms with Gasteiger partial charge in [-0.05, 0) is 44.9 Å². The zero-order valence-corrected chi connectivity index (χ0v) is 30.3. The molecule has 0 aromatic heterocycles. The van der Waals surface area contributed by atoms with Gasteiger partial charge >= 0.3 is 12.1 Å². The summed E-state index contributed by atoms with van der Waals surface area (Å²) >= 11 is 6.72. The number of rotatable bonds is 6. The molecule has 4 bridgehead atoms. The number of methoxy groups -OCH3 is 2. The fourth-order valence-electron chi connectivity index (χ4n) is 6.47. The molecule has 3 heterocycles. The number of hydrogen-bond donors (Lipinski definition) is 2. The number of anilines is 1. The summed E-state index contributed by atoms with van der Waals surface area (Å²) in [6, 6.07) is 2.64. The Balaban J connectivity index is 1.79. The monoisotopic (exact) mass is 705 g/mol. The van der Waals surface area contributed by atoms with E-state index in [0.29, 0.717) is 17.9 Å². The van der Waals surface area contributed by atoms with Gasteiger partial charge in [-0.25, -0.2) is 9.59 Å². The second-order valence-corrected chi connectivity index (χ2v) is 13.6. The van der Waals surface area contributed by atoms with Gasteiger partial charge in [-0.15, -0.1) is 0 Å². The zero-order chi connectivity index (χ0) is 36.4. The van der Waals surface area contributed by atoms with Crippen LogP contribution in [0.3, 0.4) is 0 Å². The van der Waals surface area contributed by atoms with Crippen molar-refractivity contribution < 1.29 is 48.0 Å². The molecule has 8 atom stereocenters. The SMILES string of the molecule is CCC(=O)N(C)C(C)C(=O)OC1CC(=O)N(C)c2cc(cc(OC)c2Cl)C/C(C)=C/C=C/C(OC)C2(O)CC(OC(=O)N2)C(C)C2OC12C. The molecule has 2 N–H and O–H groups in total. The Morgan fingerprint density at radius 1 is 1.27 bits per heavy atom. The minimum Gasteiger partial charge on any atom is -0.495 e. The number of amides is 3. The maximum absolute atomic E-state index is 14.0. The standard InChI is InChI=1S/C35H48ClN3O10/c1-10-28(40)38(6)21(4)32(42)48-27-17-29(41)39(7)23-15-22(16-24(45-8)30(23)36)14-19(2)12-11-13-26(46-9)35(44)18-25(47-33(43)37-35)20(3)31-34(27,5)49-31/h11-13,15-16,20-21,25-27,31,44H,10,14,17-18H2,1-9H3,(H,37,43)/b13-11+,19-12+. The van der Waals surface area contributed by atoms with Gasteiger partial charge in [0.15, 0.2) is 5.72 Å². The van der Waals surface area contributed by atoms with E-state index >= 15 is 0 Å². The van der Waals surface area contributed by atoms with Crippen molar-refractivity contribution in [2.24, 2.45) is 5.92 Å². The summed E-state index contributed by atoms with van der Waals surface area (Å²) in [7, 11) is 6.01. The zero-order valence-electron chi connectivity index (χ0n) is 29.6.